The van der Waals surface area contributed by atoms with Crippen LogP contribution in [0.25, 0.3) is 10.9 Å². The summed E-state index contributed by atoms with van der Waals surface area (Å²) >= 11 is 0. The molecule has 0 aliphatic carbocycles. The fourth-order valence-electron chi connectivity index (χ4n) is 3.26. The average Bonchev–Trinajstić information content (AvgIpc) is 2.69. The number of nitrogens with zero attached hydrogens (tertiary/aromatic N) is 1. The summed E-state index contributed by atoms with van der Waals surface area (Å²) in [7, 11) is 0. The van der Waals surface area contributed by atoms with E-state index in [0.717, 1.165) is 11.1 Å². The number of nitrogens with one attached hydrogen (secondary N) is 1. The van der Waals surface area contributed by atoms with Gasteiger partial charge in [-0.15, -0.1) is 0 Å². The summed E-state index contributed by atoms with van der Waals surface area (Å²) in [6.07, 6.45) is 0.168. The summed E-state index contributed by atoms with van der Waals surface area (Å²) in [5.41, 5.74) is 0.633. The highest BCUT2D eigenvalue weighted by molar-refractivity contribution is 5.77. The Bertz CT molecular complexity index is 1050. The molecule has 0 unspecified atom stereocenters. The number of rotatable bonds is 4. The van der Waals surface area contributed by atoms with Gasteiger partial charge in [-0.05, 0) is 23.3 Å². The molecular weight excluding hydrogens is 324 g/mol. The molecule has 0 bridgehead atoms. The molecule has 3 aromatic carbocycles. The van der Waals surface area contributed by atoms with Gasteiger partial charge in [0.1, 0.15) is 11.4 Å². The fourth-order valence-corrected chi connectivity index (χ4v) is 3.26. The molecule has 0 radical (unpaired) electrons. The minimum absolute atomic E-state index is 0.168. The quantitative estimate of drug-likeness (QED) is 0.597. The lowest BCUT2D eigenvalue weighted by molar-refractivity contribution is 0.0789. The van der Waals surface area contributed by atoms with E-state index >= 15 is 0 Å². The molecule has 4 aromatic rings. The first-order valence-electron chi connectivity index (χ1n) is 8.48. The van der Waals surface area contributed by atoms with Gasteiger partial charge in [0.15, 0.2) is 0 Å². The zero-order valence-electron chi connectivity index (χ0n) is 14.1. The Morgan fingerprint density at radius 2 is 1.35 bits per heavy atom. The predicted octanol–water partition coefficient (Wildman–Crippen LogP) is 3.40. The first kappa shape index (κ1) is 16.2. The maximum atomic E-state index is 12.4. The number of hydrogen-bond donors (Lipinski definition) is 2. The second kappa shape index (κ2) is 6.58. The molecule has 0 fully saturated rings. The van der Waals surface area contributed by atoms with E-state index in [2.05, 4.69) is 9.97 Å². The number of fused-ring (bicyclic) bond motifs is 1. The van der Waals surface area contributed by atoms with Gasteiger partial charge in [0.05, 0.1) is 10.9 Å². The van der Waals surface area contributed by atoms with Gasteiger partial charge < -0.3 is 10.1 Å². The summed E-state index contributed by atoms with van der Waals surface area (Å²) < 4.78 is 0. The number of hydrogen-bond acceptors (Lipinski definition) is 3. The topological polar surface area (TPSA) is 66.0 Å². The van der Waals surface area contributed by atoms with Crippen molar-refractivity contribution < 1.29 is 5.11 Å². The molecule has 2 N–H and O–H groups in total. The molecule has 4 rings (SSSR count). The van der Waals surface area contributed by atoms with Crippen LogP contribution in [0.5, 0.6) is 0 Å². The largest absolute Gasteiger partial charge is 0.380 e. The van der Waals surface area contributed by atoms with Crippen LogP contribution in [-0.4, -0.2) is 15.1 Å². The number of para-hydroxylation sites is 1. The molecule has 0 spiro atoms. The molecule has 0 aliphatic rings. The summed E-state index contributed by atoms with van der Waals surface area (Å²) in [5.74, 6) is 0.448. The summed E-state index contributed by atoms with van der Waals surface area (Å²) in [5, 5.41) is 12.1. The Labute approximate surface area is 150 Å². The van der Waals surface area contributed by atoms with Crippen LogP contribution in [0.15, 0.2) is 89.7 Å². The summed E-state index contributed by atoms with van der Waals surface area (Å²) in [6, 6.07) is 26.1. The number of aromatic nitrogens is 2. The van der Waals surface area contributed by atoms with Crippen molar-refractivity contribution in [2.75, 3.05) is 0 Å². The molecule has 0 saturated carbocycles. The third-order valence-electron chi connectivity index (χ3n) is 4.59. The second-order valence-corrected chi connectivity index (χ2v) is 6.30. The van der Waals surface area contributed by atoms with Crippen LogP contribution in [0, 0.1) is 0 Å². The monoisotopic (exact) mass is 342 g/mol. The van der Waals surface area contributed by atoms with Gasteiger partial charge in [0.2, 0.25) is 0 Å². The van der Waals surface area contributed by atoms with E-state index in [0.29, 0.717) is 16.7 Å². The van der Waals surface area contributed by atoms with E-state index in [1.54, 1.807) is 12.1 Å². The number of H-pyrrole nitrogens is 1. The Hall–Kier alpha value is -3.24. The lowest BCUT2D eigenvalue weighted by atomic mass is 9.83. The van der Waals surface area contributed by atoms with Crippen LogP contribution < -0.4 is 5.56 Å². The maximum absolute atomic E-state index is 12.4. The molecule has 1 aromatic heterocycles. The molecule has 0 aliphatic heterocycles. The van der Waals surface area contributed by atoms with Crippen LogP contribution in [0.2, 0.25) is 0 Å². The molecule has 0 saturated heterocycles. The van der Waals surface area contributed by atoms with E-state index in [9.17, 15) is 9.90 Å². The van der Waals surface area contributed by atoms with Gasteiger partial charge in [-0.1, -0.05) is 72.8 Å². The van der Waals surface area contributed by atoms with Crippen LogP contribution in [0.4, 0.5) is 0 Å². The van der Waals surface area contributed by atoms with Crippen molar-refractivity contribution in [2.24, 2.45) is 0 Å². The van der Waals surface area contributed by atoms with Crippen molar-refractivity contribution in [3.63, 3.8) is 0 Å². The average molecular weight is 342 g/mol. The number of aliphatic hydroxyl groups is 1. The molecule has 0 amide bonds. The van der Waals surface area contributed by atoms with Gasteiger partial charge in [-0.3, -0.25) is 4.79 Å². The van der Waals surface area contributed by atoms with Crippen LogP contribution in [-0.2, 0) is 12.0 Å². The van der Waals surface area contributed by atoms with Gasteiger partial charge >= 0.3 is 0 Å². The van der Waals surface area contributed by atoms with Crippen molar-refractivity contribution in [3.8, 4) is 0 Å². The minimum Gasteiger partial charge on any atom is -0.380 e. The number of benzene rings is 3. The Balaban J connectivity index is 1.85. The molecule has 4 heteroatoms. The molecule has 4 nitrogen and oxygen atoms in total. The molecular formula is C22H18N2O2. The van der Waals surface area contributed by atoms with Crippen LogP contribution in [0.3, 0.4) is 0 Å². The smallest absolute Gasteiger partial charge is 0.258 e. The van der Waals surface area contributed by atoms with Crippen molar-refractivity contribution in [1.29, 1.82) is 0 Å². The SMILES string of the molecule is O=c1[nH]c(CC(O)(c2ccccc2)c2ccccc2)nc2ccccc12. The predicted molar refractivity (Wildman–Crippen MR) is 102 cm³/mol. The minimum atomic E-state index is -1.29. The van der Waals surface area contributed by atoms with Crippen molar-refractivity contribution in [2.45, 2.75) is 12.0 Å². The Morgan fingerprint density at radius 1 is 0.808 bits per heavy atom. The molecule has 0 atom stereocenters. The van der Waals surface area contributed by atoms with Gasteiger partial charge in [-0.25, -0.2) is 4.98 Å². The standard InChI is InChI=1S/C22H18N2O2/c25-21-18-13-7-8-14-19(18)23-20(24-21)15-22(26,16-9-3-1-4-10-16)17-11-5-2-6-12-17/h1-14,26H,15H2,(H,23,24,25). The van der Waals surface area contributed by atoms with Gasteiger partial charge in [0.25, 0.3) is 5.56 Å². The lowest BCUT2D eigenvalue weighted by Crippen LogP contribution is -2.32. The first-order chi connectivity index (χ1) is 12.7. The first-order valence-corrected chi connectivity index (χ1v) is 8.48. The Morgan fingerprint density at radius 3 is 1.96 bits per heavy atom. The van der Waals surface area contributed by atoms with E-state index in [-0.39, 0.29) is 12.0 Å². The zero-order valence-corrected chi connectivity index (χ0v) is 14.1. The van der Waals surface area contributed by atoms with Crippen LogP contribution in [0.1, 0.15) is 17.0 Å². The van der Waals surface area contributed by atoms with E-state index in [1.165, 1.54) is 0 Å². The molecule has 1 heterocycles. The highest BCUT2D eigenvalue weighted by Gasteiger charge is 2.32. The highest BCUT2D eigenvalue weighted by atomic mass is 16.3. The van der Waals surface area contributed by atoms with E-state index in [4.69, 9.17) is 0 Å². The summed E-state index contributed by atoms with van der Waals surface area (Å²) in [4.78, 5) is 19.8. The van der Waals surface area contributed by atoms with Gasteiger partial charge in [0, 0.05) is 6.42 Å². The third-order valence-corrected chi connectivity index (χ3v) is 4.59. The number of aromatic amines is 1. The zero-order chi connectivity index (χ0) is 18.0. The summed E-state index contributed by atoms with van der Waals surface area (Å²) in [6.45, 7) is 0. The normalized spacial score (nSPS) is 11.6. The molecule has 128 valence electrons. The highest BCUT2D eigenvalue weighted by Crippen LogP contribution is 2.32. The van der Waals surface area contributed by atoms with Crippen LogP contribution >= 0.6 is 0 Å². The van der Waals surface area contributed by atoms with E-state index in [1.807, 2.05) is 72.8 Å². The van der Waals surface area contributed by atoms with E-state index < -0.39 is 5.60 Å². The Kier molecular flexibility index (Phi) is 4.11. The lowest BCUT2D eigenvalue weighted by Gasteiger charge is -2.29. The van der Waals surface area contributed by atoms with Crippen molar-refractivity contribution in [1.82, 2.24) is 9.97 Å². The van der Waals surface area contributed by atoms with Gasteiger partial charge in [-0.2, -0.15) is 0 Å². The third kappa shape index (κ3) is 2.91. The second-order valence-electron chi connectivity index (χ2n) is 6.30. The fraction of sp³-hybridized carbons (Fsp3) is 0.0909. The van der Waals surface area contributed by atoms with Crippen molar-refractivity contribution >= 4 is 10.9 Å². The maximum Gasteiger partial charge on any atom is 0.258 e. The van der Waals surface area contributed by atoms with Crippen molar-refractivity contribution in [3.05, 3.63) is 112 Å². The molecule has 26 heavy (non-hydrogen) atoms.